The Morgan fingerprint density at radius 2 is 2.10 bits per heavy atom. The molecule has 0 atom stereocenters. The van der Waals surface area contributed by atoms with E-state index < -0.39 is 28.1 Å². The average Bonchev–Trinajstić information content (AvgIpc) is 2.41. The van der Waals surface area contributed by atoms with Gasteiger partial charge in [-0.1, -0.05) is 0 Å². The number of halogens is 2. The Morgan fingerprint density at radius 1 is 1.35 bits per heavy atom. The Kier molecular flexibility index (Phi) is 3.69. The minimum Gasteiger partial charge on any atom is -0.436 e. The third-order valence-corrected chi connectivity index (χ3v) is 2.27. The number of nitro groups is 1. The highest BCUT2D eigenvalue weighted by Gasteiger charge is 2.16. The zero-order valence-corrected chi connectivity index (χ0v) is 10.1. The molecule has 1 N–H and O–H groups in total. The second-order valence-corrected chi connectivity index (χ2v) is 3.57. The quantitative estimate of drug-likeness (QED) is 0.684. The van der Waals surface area contributed by atoms with Crippen LogP contribution >= 0.6 is 0 Å². The van der Waals surface area contributed by atoms with E-state index in [1.165, 1.54) is 7.05 Å². The van der Waals surface area contributed by atoms with Crippen LogP contribution < -0.4 is 10.1 Å². The summed E-state index contributed by atoms with van der Waals surface area (Å²) in [4.78, 5) is 16.9. The molecule has 2 aromatic rings. The van der Waals surface area contributed by atoms with E-state index in [0.29, 0.717) is 0 Å². The summed E-state index contributed by atoms with van der Waals surface area (Å²) < 4.78 is 31.8. The maximum Gasteiger partial charge on any atom is 0.305 e. The Bertz CT molecular complexity index is 666. The smallest absolute Gasteiger partial charge is 0.305 e. The van der Waals surface area contributed by atoms with Gasteiger partial charge in [0.15, 0.2) is 0 Å². The van der Waals surface area contributed by atoms with Crippen molar-refractivity contribution in [3.05, 3.63) is 46.1 Å². The number of nitrogens with zero attached hydrogens (tertiary/aromatic N) is 3. The van der Waals surface area contributed by atoms with Crippen LogP contribution in [0.4, 0.5) is 20.4 Å². The molecule has 0 saturated heterocycles. The number of aromatic nitrogens is 2. The topological polar surface area (TPSA) is 90.2 Å². The van der Waals surface area contributed by atoms with E-state index in [1.54, 1.807) is 0 Å². The fourth-order valence-electron chi connectivity index (χ4n) is 1.35. The Hall–Kier alpha value is -2.84. The predicted molar refractivity (Wildman–Crippen MR) is 64.7 cm³/mol. The standard InChI is InChI=1S/C11H8F2N4O3/c1-14-11-15-5-8(13)10(16-11)20-6-2-3-9(17(18)19)7(12)4-6/h2-5H,1H3,(H,14,15,16). The van der Waals surface area contributed by atoms with Crippen molar-refractivity contribution in [2.45, 2.75) is 0 Å². The summed E-state index contributed by atoms with van der Waals surface area (Å²) >= 11 is 0. The Labute approximate surface area is 111 Å². The van der Waals surface area contributed by atoms with Crippen LogP contribution in [0.15, 0.2) is 24.4 Å². The highest BCUT2D eigenvalue weighted by molar-refractivity contribution is 5.40. The molecule has 0 amide bonds. The van der Waals surface area contributed by atoms with Gasteiger partial charge in [-0.2, -0.15) is 13.8 Å². The van der Waals surface area contributed by atoms with Crippen LogP contribution in [0.1, 0.15) is 0 Å². The molecular weight excluding hydrogens is 274 g/mol. The molecule has 0 aliphatic carbocycles. The summed E-state index contributed by atoms with van der Waals surface area (Å²) in [6.07, 6.45) is 0.885. The van der Waals surface area contributed by atoms with E-state index in [1.807, 2.05) is 0 Å². The van der Waals surface area contributed by atoms with E-state index in [-0.39, 0.29) is 11.7 Å². The monoisotopic (exact) mass is 282 g/mol. The molecule has 0 saturated carbocycles. The number of hydrogen-bond acceptors (Lipinski definition) is 6. The number of benzene rings is 1. The third kappa shape index (κ3) is 2.76. The van der Waals surface area contributed by atoms with Gasteiger partial charge in [0.1, 0.15) is 5.75 Å². The predicted octanol–water partition coefficient (Wildman–Crippen LogP) is 2.50. The number of ether oxygens (including phenoxy) is 1. The van der Waals surface area contributed by atoms with E-state index in [4.69, 9.17) is 4.74 Å². The highest BCUT2D eigenvalue weighted by Crippen LogP contribution is 2.27. The van der Waals surface area contributed by atoms with Crippen LogP contribution in [-0.4, -0.2) is 21.9 Å². The molecule has 0 spiro atoms. The van der Waals surface area contributed by atoms with Gasteiger partial charge in [0.25, 0.3) is 5.88 Å². The summed E-state index contributed by atoms with van der Waals surface area (Å²) in [5, 5.41) is 13.0. The zero-order valence-electron chi connectivity index (χ0n) is 10.1. The van der Waals surface area contributed by atoms with Crippen molar-refractivity contribution in [3.63, 3.8) is 0 Å². The van der Waals surface area contributed by atoms with Crippen molar-refractivity contribution in [1.29, 1.82) is 0 Å². The van der Waals surface area contributed by atoms with Crippen molar-refractivity contribution in [2.24, 2.45) is 0 Å². The molecule has 2 rings (SSSR count). The molecule has 7 nitrogen and oxygen atoms in total. The van der Waals surface area contributed by atoms with Gasteiger partial charge in [0, 0.05) is 19.2 Å². The van der Waals surface area contributed by atoms with E-state index in [2.05, 4.69) is 15.3 Å². The fourth-order valence-corrected chi connectivity index (χ4v) is 1.35. The first-order chi connectivity index (χ1) is 9.51. The van der Waals surface area contributed by atoms with Gasteiger partial charge < -0.3 is 10.1 Å². The highest BCUT2D eigenvalue weighted by atomic mass is 19.1. The minimum atomic E-state index is -1.09. The average molecular weight is 282 g/mol. The van der Waals surface area contributed by atoms with Gasteiger partial charge in [-0.05, 0) is 6.07 Å². The SMILES string of the molecule is CNc1ncc(F)c(Oc2ccc([N+](=O)[O-])c(F)c2)n1. The molecule has 0 fully saturated rings. The lowest BCUT2D eigenvalue weighted by atomic mass is 10.3. The molecule has 20 heavy (non-hydrogen) atoms. The van der Waals surface area contributed by atoms with E-state index in [9.17, 15) is 18.9 Å². The first-order valence-corrected chi connectivity index (χ1v) is 5.33. The molecule has 0 radical (unpaired) electrons. The first kappa shape index (κ1) is 13.6. The van der Waals surface area contributed by atoms with Gasteiger partial charge in [-0.15, -0.1) is 0 Å². The fraction of sp³-hybridized carbons (Fsp3) is 0.0909. The lowest BCUT2D eigenvalue weighted by Crippen LogP contribution is -2.00. The van der Waals surface area contributed by atoms with Crippen LogP contribution in [0.2, 0.25) is 0 Å². The number of rotatable bonds is 4. The summed E-state index contributed by atoms with van der Waals surface area (Å²) in [5.74, 6) is -2.35. The summed E-state index contributed by atoms with van der Waals surface area (Å²) in [6.45, 7) is 0. The van der Waals surface area contributed by atoms with Gasteiger partial charge in [-0.3, -0.25) is 10.1 Å². The molecule has 0 aliphatic rings. The molecule has 104 valence electrons. The van der Waals surface area contributed by atoms with Crippen molar-refractivity contribution >= 4 is 11.6 Å². The van der Waals surface area contributed by atoms with Gasteiger partial charge in [0.05, 0.1) is 11.1 Å². The van der Waals surface area contributed by atoms with Gasteiger partial charge in [-0.25, -0.2) is 4.98 Å². The Balaban J connectivity index is 2.30. The lowest BCUT2D eigenvalue weighted by Gasteiger charge is -2.07. The molecule has 1 heterocycles. The molecule has 1 aromatic carbocycles. The normalized spacial score (nSPS) is 10.2. The zero-order chi connectivity index (χ0) is 14.7. The molecule has 9 heteroatoms. The van der Waals surface area contributed by atoms with Gasteiger partial charge in [0.2, 0.25) is 17.6 Å². The summed E-state index contributed by atoms with van der Waals surface area (Å²) in [7, 11) is 1.53. The van der Waals surface area contributed by atoms with Crippen molar-refractivity contribution in [3.8, 4) is 11.6 Å². The van der Waals surface area contributed by atoms with Gasteiger partial charge >= 0.3 is 5.69 Å². The molecule has 0 bridgehead atoms. The lowest BCUT2D eigenvalue weighted by molar-refractivity contribution is -0.387. The van der Waals surface area contributed by atoms with Crippen LogP contribution in [0, 0.1) is 21.7 Å². The van der Waals surface area contributed by atoms with Crippen LogP contribution in [0.3, 0.4) is 0 Å². The largest absolute Gasteiger partial charge is 0.436 e. The second-order valence-electron chi connectivity index (χ2n) is 3.57. The number of nitrogens with one attached hydrogen (secondary N) is 1. The minimum absolute atomic E-state index is 0.115. The molecule has 0 unspecified atom stereocenters. The summed E-state index contributed by atoms with van der Waals surface area (Å²) in [5.41, 5.74) is -0.698. The van der Waals surface area contributed by atoms with E-state index in [0.717, 1.165) is 24.4 Å². The molecular formula is C11H8F2N4O3. The van der Waals surface area contributed by atoms with E-state index >= 15 is 0 Å². The molecule has 1 aromatic heterocycles. The third-order valence-electron chi connectivity index (χ3n) is 2.27. The molecule has 0 aliphatic heterocycles. The second kappa shape index (κ2) is 5.43. The summed E-state index contributed by atoms with van der Waals surface area (Å²) in [6, 6.07) is 2.84. The Morgan fingerprint density at radius 3 is 2.70 bits per heavy atom. The van der Waals surface area contributed by atoms with Crippen molar-refractivity contribution in [2.75, 3.05) is 12.4 Å². The first-order valence-electron chi connectivity index (χ1n) is 5.33. The van der Waals surface area contributed by atoms with Crippen LogP contribution in [-0.2, 0) is 0 Å². The maximum atomic E-state index is 13.4. The van der Waals surface area contributed by atoms with Crippen LogP contribution in [0.5, 0.6) is 11.6 Å². The number of anilines is 1. The number of nitro benzene ring substituents is 1. The van der Waals surface area contributed by atoms with Crippen molar-refractivity contribution in [1.82, 2.24) is 9.97 Å². The van der Waals surface area contributed by atoms with Crippen molar-refractivity contribution < 1.29 is 18.4 Å². The maximum absolute atomic E-state index is 13.4. The van der Waals surface area contributed by atoms with Crippen LogP contribution in [0.25, 0.3) is 0 Å². The number of hydrogen-bond donors (Lipinski definition) is 1.